The number of pyridine rings is 3. The van der Waals surface area contributed by atoms with E-state index in [0.717, 1.165) is 72.5 Å². The molecule has 0 radical (unpaired) electrons. The fourth-order valence-corrected chi connectivity index (χ4v) is 5.12. The molecule has 40 heavy (non-hydrogen) atoms. The predicted octanol–water partition coefficient (Wildman–Crippen LogP) is 8.25. The van der Waals surface area contributed by atoms with E-state index in [1.165, 1.54) is 0 Å². The summed E-state index contributed by atoms with van der Waals surface area (Å²) >= 11 is 0. The average molecular weight is 516 g/mol. The lowest BCUT2D eigenvalue weighted by Gasteiger charge is -2.12. The second kappa shape index (κ2) is 9.79. The highest BCUT2D eigenvalue weighted by atomic mass is 14.9. The van der Waals surface area contributed by atoms with Crippen LogP contribution < -0.4 is 0 Å². The Labute approximate surface area is 232 Å². The lowest BCUT2D eigenvalue weighted by Crippen LogP contribution is -1.97. The Balaban J connectivity index is 1.35. The van der Waals surface area contributed by atoms with Crippen LogP contribution in [0.5, 0.6) is 0 Å². The van der Waals surface area contributed by atoms with Gasteiger partial charge < -0.3 is 0 Å². The number of rotatable bonds is 4. The van der Waals surface area contributed by atoms with Gasteiger partial charge in [0.15, 0.2) is 5.82 Å². The van der Waals surface area contributed by atoms with E-state index < -0.39 is 0 Å². The molecule has 0 aliphatic carbocycles. The Morgan fingerprint density at radius 2 is 1.15 bits per heavy atom. The Kier molecular flexibility index (Phi) is 5.82. The molecule has 0 aliphatic rings. The zero-order chi connectivity index (χ0) is 27.1. The minimum Gasteiger partial charge on any atom is -0.253 e. The summed E-state index contributed by atoms with van der Waals surface area (Å²) in [6, 6.07) is 37.2. The van der Waals surface area contributed by atoms with Crippen molar-refractivity contribution in [1.29, 1.82) is 0 Å². The first-order valence-corrected chi connectivity index (χ1v) is 13.3. The predicted molar refractivity (Wildman–Crippen MR) is 162 cm³/mol. The largest absolute Gasteiger partial charge is 0.253 e. The van der Waals surface area contributed by atoms with Crippen molar-refractivity contribution in [2.45, 2.75) is 13.8 Å². The first-order valence-electron chi connectivity index (χ1n) is 13.3. The summed E-state index contributed by atoms with van der Waals surface area (Å²) in [5.41, 5.74) is 10.6. The maximum atomic E-state index is 4.92. The van der Waals surface area contributed by atoms with Crippen molar-refractivity contribution in [3.05, 3.63) is 127 Å². The molecular weight excluding hydrogens is 490 g/mol. The molecule has 0 fully saturated rings. The van der Waals surface area contributed by atoms with Gasteiger partial charge in [0, 0.05) is 39.5 Å². The molecule has 0 N–H and O–H groups in total. The first kappa shape index (κ1) is 23.8. The minimum absolute atomic E-state index is 0.603. The second-order valence-electron chi connectivity index (χ2n) is 9.92. The molecule has 0 amide bonds. The number of aryl methyl sites for hydroxylation is 2. The Morgan fingerprint density at radius 3 is 1.90 bits per heavy atom. The molecule has 7 aromatic rings. The number of nitrogens with zero attached hydrogens (tertiary/aromatic N) is 5. The summed E-state index contributed by atoms with van der Waals surface area (Å²) < 4.78 is 0. The van der Waals surface area contributed by atoms with Gasteiger partial charge in [0.05, 0.1) is 22.4 Å². The smallest absolute Gasteiger partial charge is 0.179 e. The third-order valence-corrected chi connectivity index (χ3v) is 7.09. The molecule has 7 rings (SSSR count). The standard InChI is InChI=1S/C35H25N5/c1-22-11-12-27-17-18-28-29(20-23(2)38-34(28)33(27)37-22)24-13-15-26(16-14-24)32-21-31(25-8-4-3-5-9-25)39-35(40-32)30-10-6-7-19-36-30/h3-21H,1-2H3. The molecule has 0 saturated heterocycles. The van der Waals surface area contributed by atoms with Crippen LogP contribution in [-0.4, -0.2) is 24.9 Å². The highest BCUT2D eigenvalue weighted by molar-refractivity contribution is 6.08. The van der Waals surface area contributed by atoms with Crippen molar-refractivity contribution in [3.63, 3.8) is 0 Å². The van der Waals surface area contributed by atoms with Crippen LogP contribution in [0.15, 0.2) is 115 Å². The molecular formula is C35H25N5. The monoisotopic (exact) mass is 515 g/mol. The zero-order valence-electron chi connectivity index (χ0n) is 22.2. The maximum Gasteiger partial charge on any atom is 0.179 e. The average Bonchev–Trinajstić information content (AvgIpc) is 3.01. The van der Waals surface area contributed by atoms with Crippen molar-refractivity contribution in [2.75, 3.05) is 0 Å². The summed E-state index contributed by atoms with van der Waals surface area (Å²) in [5.74, 6) is 0.603. The summed E-state index contributed by atoms with van der Waals surface area (Å²) in [4.78, 5) is 24.0. The molecule has 190 valence electrons. The van der Waals surface area contributed by atoms with Crippen LogP contribution in [0.2, 0.25) is 0 Å². The van der Waals surface area contributed by atoms with Crippen LogP contribution in [0.4, 0.5) is 0 Å². The first-order chi connectivity index (χ1) is 19.6. The number of aromatic nitrogens is 5. The number of benzene rings is 3. The third-order valence-electron chi connectivity index (χ3n) is 7.09. The molecule has 0 aliphatic heterocycles. The van der Waals surface area contributed by atoms with Crippen LogP contribution >= 0.6 is 0 Å². The van der Waals surface area contributed by atoms with Crippen LogP contribution in [0.25, 0.3) is 67.0 Å². The summed E-state index contributed by atoms with van der Waals surface area (Å²) in [6.07, 6.45) is 1.77. The van der Waals surface area contributed by atoms with Crippen LogP contribution in [0, 0.1) is 13.8 Å². The van der Waals surface area contributed by atoms with Gasteiger partial charge in [-0.2, -0.15) is 0 Å². The van der Waals surface area contributed by atoms with Gasteiger partial charge in [0.25, 0.3) is 0 Å². The summed E-state index contributed by atoms with van der Waals surface area (Å²) in [6.45, 7) is 4.06. The van der Waals surface area contributed by atoms with E-state index in [-0.39, 0.29) is 0 Å². The fourth-order valence-electron chi connectivity index (χ4n) is 5.12. The lowest BCUT2D eigenvalue weighted by atomic mass is 9.97. The number of hydrogen-bond acceptors (Lipinski definition) is 5. The van der Waals surface area contributed by atoms with Crippen molar-refractivity contribution in [2.24, 2.45) is 0 Å². The Bertz CT molecular complexity index is 1940. The van der Waals surface area contributed by atoms with E-state index in [0.29, 0.717) is 5.82 Å². The van der Waals surface area contributed by atoms with Gasteiger partial charge >= 0.3 is 0 Å². The molecule has 5 heteroatoms. The summed E-state index contributed by atoms with van der Waals surface area (Å²) in [7, 11) is 0. The molecule has 3 aromatic carbocycles. The van der Waals surface area contributed by atoms with Crippen molar-refractivity contribution >= 4 is 21.8 Å². The maximum absolute atomic E-state index is 4.92. The van der Waals surface area contributed by atoms with Crippen LogP contribution in [0.1, 0.15) is 11.4 Å². The van der Waals surface area contributed by atoms with E-state index in [2.05, 4.69) is 65.6 Å². The topological polar surface area (TPSA) is 64.5 Å². The minimum atomic E-state index is 0.603. The molecule has 4 aromatic heterocycles. The van der Waals surface area contributed by atoms with Gasteiger partial charge in [-0.3, -0.25) is 15.0 Å². The SMILES string of the molecule is Cc1ccc2ccc3c(-c4ccc(-c5cc(-c6ccccc6)nc(-c6ccccn6)n5)cc4)cc(C)nc3c2n1. The molecule has 0 unspecified atom stereocenters. The number of fused-ring (bicyclic) bond motifs is 3. The van der Waals surface area contributed by atoms with Gasteiger partial charge in [0.2, 0.25) is 0 Å². The van der Waals surface area contributed by atoms with Crippen molar-refractivity contribution in [3.8, 4) is 45.2 Å². The Morgan fingerprint density at radius 1 is 0.475 bits per heavy atom. The van der Waals surface area contributed by atoms with Gasteiger partial charge in [-0.25, -0.2) is 9.97 Å². The van der Waals surface area contributed by atoms with E-state index in [1.54, 1.807) is 6.20 Å². The molecule has 0 spiro atoms. The third kappa shape index (κ3) is 4.37. The molecule has 5 nitrogen and oxygen atoms in total. The van der Waals surface area contributed by atoms with Crippen molar-refractivity contribution < 1.29 is 0 Å². The second-order valence-corrected chi connectivity index (χ2v) is 9.92. The van der Waals surface area contributed by atoms with Crippen LogP contribution in [-0.2, 0) is 0 Å². The van der Waals surface area contributed by atoms with Gasteiger partial charge in [0.1, 0.15) is 5.69 Å². The molecule has 0 bridgehead atoms. The zero-order valence-corrected chi connectivity index (χ0v) is 22.2. The summed E-state index contributed by atoms with van der Waals surface area (Å²) in [5, 5.41) is 2.19. The van der Waals surface area contributed by atoms with E-state index in [1.807, 2.05) is 62.4 Å². The van der Waals surface area contributed by atoms with Gasteiger partial charge in [-0.1, -0.05) is 78.9 Å². The van der Waals surface area contributed by atoms with Crippen LogP contribution in [0.3, 0.4) is 0 Å². The molecule has 0 atom stereocenters. The Hall–Kier alpha value is -5.29. The lowest BCUT2D eigenvalue weighted by molar-refractivity contribution is 1.15. The highest BCUT2D eigenvalue weighted by Crippen LogP contribution is 2.34. The van der Waals surface area contributed by atoms with Gasteiger partial charge in [-0.05, 0) is 55.3 Å². The fraction of sp³-hybridized carbons (Fsp3) is 0.0571. The number of hydrogen-bond donors (Lipinski definition) is 0. The quantitative estimate of drug-likeness (QED) is 0.221. The van der Waals surface area contributed by atoms with E-state index in [4.69, 9.17) is 19.9 Å². The highest BCUT2D eigenvalue weighted by Gasteiger charge is 2.14. The van der Waals surface area contributed by atoms with E-state index >= 15 is 0 Å². The molecule has 0 saturated carbocycles. The van der Waals surface area contributed by atoms with E-state index in [9.17, 15) is 0 Å². The van der Waals surface area contributed by atoms with Crippen molar-refractivity contribution in [1.82, 2.24) is 24.9 Å². The van der Waals surface area contributed by atoms with Gasteiger partial charge in [-0.15, -0.1) is 0 Å². The molecule has 4 heterocycles. The normalized spacial score (nSPS) is 11.2.